The van der Waals surface area contributed by atoms with Crippen LogP contribution in [0.1, 0.15) is 38.7 Å². The summed E-state index contributed by atoms with van der Waals surface area (Å²) in [5, 5.41) is 4.81. The van der Waals surface area contributed by atoms with Gasteiger partial charge in [0.25, 0.3) is 0 Å². The van der Waals surface area contributed by atoms with Crippen LogP contribution in [-0.2, 0) is 10.3 Å². The van der Waals surface area contributed by atoms with Gasteiger partial charge in [-0.2, -0.15) is 5.10 Å². The van der Waals surface area contributed by atoms with Crippen LogP contribution in [0.3, 0.4) is 0 Å². The Morgan fingerprint density at radius 2 is 1.87 bits per heavy atom. The molecule has 0 aliphatic carbocycles. The van der Waals surface area contributed by atoms with Crippen LogP contribution in [0.2, 0.25) is 0 Å². The molecule has 4 nitrogen and oxygen atoms in total. The Morgan fingerprint density at radius 3 is 2.39 bits per heavy atom. The molecule has 0 bridgehead atoms. The third-order valence-corrected chi connectivity index (χ3v) is 4.44. The molecule has 1 aromatic heterocycles. The monoisotopic (exact) mass is 313 g/mol. The smallest absolute Gasteiger partial charge is 0.250 e. The highest BCUT2D eigenvalue weighted by Gasteiger charge is 2.40. The normalized spacial score (nSPS) is 13.6. The highest BCUT2D eigenvalue weighted by molar-refractivity contribution is 5.84. The molecule has 0 radical (unpaired) electrons. The Balaban J connectivity index is 2.55. The maximum atomic E-state index is 12.9. The quantitative estimate of drug-likeness (QED) is 0.812. The van der Waals surface area contributed by atoms with E-state index in [9.17, 15) is 4.79 Å². The third-order valence-electron chi connectivity index (χ3n) is 4.44. The number of benzene rings is 1. The minimum absolute atomic E-state index is 0.115. The fourth-order valence-corrected chi connectivity index (χ4v) is 3.20. The van der Waals surface area contributed by atoms with Crippen LogP contribution < -0.4 is 0 Å². The van der Waals surface area contributed by atoms with E-state index in [0.717, 1.165) is 36.1 Å². The van der Waals surface area contributed by atoms with Crippen molar-refractivity contribution >= 4 is 5.91 Å². The number of aromatic nitrogens is 2. The zero-order valence-electron chi connectivity index (χ0n) is 14.8. The molecule has 0 saturated carbocycles. The molecule has 0 saturated heterocycles. The molecule has 1 unspecified atom stereocenters. The van der Waals surface area contributed by atoms with Crippen molar-refractivity contribution in [2.75, 3.05) is 14.1 Å². The van der Waals surface area contributed by atoms with E-state index in [2.05, 4.69) is 32.9 Å². The fraction of sp³-hybridized carbons (Fsp3) is 0.474. The van der Waals surface area contributed by atoms with Crippen molar-refractivity contribution in [2.45, 2.75) is 45.6 Å². The van der Waals surface area contributed by atoms with Gasteiger partial charge in [-0.3, -0.25) is 9.48 Å². The van der Waals surface area contributed by atoms with Gasteiger partial charge in [-0.05, 0) is 25.3 Å². The zero-order chi connectivity index (χ0) is 17.0. The van der Waals surface area contributed by atoms with E-state index in [-0.39, 0.29) is 5.91 Å². The Kier molecular flexibility index (Phi) is 5.24. The average molecular weight is 313 g/mol. The lowest BCUT2D eigenvalue weighted by atomic mass is 9.89. The van der Waals surface area contributed by atoms with E-state index < -0.39 is 5.54 Å². The Bertz CT molecular complexity index is 661. The molecule has 1 atom stereocenters. The van der Waals surface area contributed by atoms with Gasteiger partial charge in [0.2, 0.25) is 5.91 Å². The first-order valence-electron chi connectivity index (χ1n) is 8.30. The van der Waals surface area contributed by atoms with Crippen LogP contribution in [0.5, 0.6) is 0 Å². The summed E-state index contributed by atoms with van der Waals surface area (Å²) in [7, 11) is 3.63. The fourth-order valence-electron chi connectivity index (χ4n) is 3.20. The van der Waals surface area contributed by atoms with E-state index in [4.69, 9.17) is 5.10 Å². The number of rotatable bonds is 6. The van der Waals surface area contributed by atoms with Gasteiger partial charge in [0.1, 0.15) is 5.54 Å². The van der Waals surface area contributed by atoms with Crippen molar-refractivity contribution in [1.29, 1.82) is 0 Å². The van der Waals surface area contributed by atoms with E-state index in [1.54, 1.807) is 4.90 Å². The Morgan fingerprint density at radius 1 is 1.22 bits per heavy atom. The van der Waals surface area contributed by atoms with Gasteiger partial charge in [-0.1, -0.05) is 50.6 Å². The van der Waals surface area contributed by atoms with Crippen LogP contribution in [0.4, 0.5) is 0 Å². The number of amides is 1. The lowest BCUT2D eigenvalue weighted by molar-refractivity contribution is -0.139. The first-order chi connectivity index (χ1) is 11.0. The molecule has 1 aromatic carbocycles. The first kappa shape index (κ1) is 17.3. The summed E-state index contributed by atoms with van der Waals surface area (Å²) in [6.45, 7) is 6.23. The number of nitrogens with zero attached hydrogens (tertiary/aromatic N) is 3. The molecule has 0 N–H and O–H groups in total. The van der Waals surface area contributed by atoms with E-state index >= 15 is 0 Å². The molecule has 0 aliphatic heterocycles. The summed E-state index contributed by atoms with van der Waals surface area (Å²) in [4.78, 5) is 14.6. The van der Waals surface area contributed by atoms with Crippen molar-refractivity contribution in [3.8, 4) is 11.3 Å². The van der Waals surface area contributed by atoms with Gasteiger partial charge in [0, 0.05) is 25.9 Å². The number of aryl methyl sites for hydroxylation is 1. The van der Waals surface area contributed by atoms with Crippen LogP contribution in [0.25, 0.3) is 11.3 Å². The standard InChI is InChI=1S/C19H27N3O/c1-6-13-19(7-2,18(23)21(4)5)22-14-15(3)17(20-22)16-11-9-8-10-12-16/h8-12,14H,6-7,13H2,1-5H3. The average Bonchev–Trinajstić information content (AvgIpc) is 2.95. The number of hydrogen-bond donors (Lipinski definition) is 0. The van der Waals surface area contributed by atoms with E-state index in [1.807, 2.05) is 43.2 Å². The second-order valence-electron chi connectivity index (χ2n) is 6.31. The SMILES string of the molecule is CCCC(CC)(C(=O)N(C)C)n1cc(C)c(-c2ccccc2)n1. The Hall–Kier alpha value is -2.10. The lowest BCUT2D eigenvalue weighted by Gasteiger charge is -2.34. The number of carbonyl (C=O) groups excluding carboxylic acids is 1. The van der Waals surface area contributed by atoms with Crippen molar-refractivity contribution in [1.82, 2.24) is 14.7 Å². The van der Waals surface area contributed by atoms with Crippen molar-refractivity contribution in [3.05, 3.63) is 42.1 Å². The summed E-state index contributed by atoms with van der Waals surface area (Å²) in [6, 6.07) is 10.1. The third kappa shape index (κ3) is 3.16. The molecule has 2 aromatic rings. The molecule has 124 valence electrons. The minimum atomic E-state index is -0.601. The summed E-state index contributed by atoms with van der Waals surface area (Å²) < 4.78 is 1.90. The molecule has 0 spiro atoms. The molecule has 1 heterocycles. The molecule has 0 aliphatic rings. The van der Waals surface area contributed by atoms with Crippen LogP contribution in [0, 0.1) is 6.92 Å². The van der Waals surface area contributed by atoms with Gasteiger partial charge < -0.3 is 4.90 Å². The van der Waals surface area contributed by atoms with E-state index in [0.29, 0.717) is 0 Å². The maximum absolute atomic E-state index is 12.9. The molecule has 1 amide bonds. The second kappa shape index (κ2) is 6.99. The summed E-state index contributed by atoms with van der Waals surface area (Å²) >= 11 is 0. The minimum Gasteiger partial charge on any atom is -0.347 e. The van der Waals surface area contributed by atoms with Gasteiger partial charge in [-0.25, -0.2) is 0 Å². The molecular weight excluding hydrogens is 286 g/mol. The van der Waals surface area contributed by atoms with Crippen molar-refractivity contribution < 1.29 is 4.79 Å². The Labute approximate surface area is 139 Å². The van der Waals surface area contributed by atoms with Crippen molar-refractivity contribution in [2.24, 2.45) is 0 Å². The van der Waals surface area contributed by atoms with Crippen LogP contribution in [-0.4, -0.2) is 34.7 Å². The summed E-state index contributed by atoms with van der Waals surface area (Å²) in [5.74, 6) is 0.115. The highest BCUT2D eigenvalue weighted by Crippen LogP contribution is 2.31. The number of hydrogen-bond acceptors (Lipinski definition) is 2. The summed E-state index contributed by atoms with van der Waals surface area (Å²) in [5.41, 5.74) is 2.53. The molecule has 4 heteroatoms. The van der Waals surface area contributed by atoms with Crippen LogP contribution in [0.15, 0.2) is 36.5 Å². The summed E-state index contributed by atoms with van der Waals surface area (Å²) in [6.07, 6.45) is 4.47. The number of likely N-dealkylation sites (N-methyl/N-ethyl adjacent to an activating group) is 1. The van der Waals surface area contributed by atoms with Gasteiger partial charge in [0.05, 0.1) is 5.69 Å². The second-order valence-corrected chi connectivity index (χ2v) is 6.31. The largest absolute Gasteiger partial charge is 0.347 e. The van der Waals surface area contributed by atoms with Crippen molar-refractivity contribution in [3.63, 3.8) is 0 Å². The van der Waals surface area contributed by atoms with Crippen LogP contribution >= 0.6 is 0 Å². The van der Waals surface area contributed by atoms with Gasteiger partial charge in [-0.15, -0.1) is 0 Å². The molecule has 0 fully saturated rings. The highest BCUT2D eigenvalue weighted by atomic mass is 16.2. The van der Waals surface area contributed by atoms with E-state index in [1.165, 1.54) is 0 Å². The predicted molar refractivity (Wildman–Crippen MR) is 94.3 cm³/mol. The lowest BCUT2D eigenvalue weighted by Crippen LogP contribution is -2.48. The first-order valence-corrected chi connectivity index (χ1v) is 8.30. The predicted octanol–water partition coefficient (Wildman–Crippen LogP) is 3.85. The molecular formula is C19H27N3O. The maximum Gasteiger partial charge on any atom is 0.250 e. The number of carbonyl (C=O) groups is 1. The molecule has 23 heavy (non-hydrogen) atoms. The van der Waals surface area contributed by atoms with Gasteiger partial charge in [0.15, 0.2) is 0 Å². The zero-order valence-corrected chi connectivity index (χ0v) is 14.8. The van der Waals surface area contributed by atoms with Gasteiger partial charge >= 0.3 is 0 Å². The molecule has 2 rings (SSSR count). The topological polar surface area (TPSA) is 38.1 Å².